The maximum absolute atomic E-state index is 12.1. The van der Waals surface area contributed by atoms with Crippen molar-refractivity contribution in [1.29, 1.82) is 0 Å². The predicted octanol–water partition coefficient (Wildman–Crippen LogP) is 4.50. The summed E-state index contributed by atoms with van der Waals surface area (Å²) in [5, 5.41) is 3.71. The summed E-state index contributed by atoms with van der Waals surface area (Å²) in [5.41, 5.74) is 1.79. The zero-order valence-corrected chi connectivity index (χ0v) is 16.1. The summed E-state index contributed by atoms with van der Waals surface area (Å²) in [6.07, 6.45) is 0. The first-order valence-corrected chi connectivity index (χ1v) is 9.16. The molecule has 0 saturated carbocycles. The van der Waals surface area contributed by atoms with Crippen molar-refractivity contribution in [3.8, 4) is 5.75 Å². The summed E-state index contributed by atoms with van der Waals surface area (Å²) in [5.74, 6) is 0.00476. The molecule has 1 saturated heterocycles. The molecular formula is C18H17Cl3N2O3. The molecule has 1 N–H and O–H groups in total. The van der Waals surface area contributed by atoms with Crippen molar-refractivity contribution in [2.75, 3.05) is 43.1 Å². The highest BCUT2D eigenvalue weighted by molar-refractivity contribution is 6.43. The van der Waals surface area contributed by atoms with Gasteiger partial charge < -0.3 is 19.7 Å². The minimum Gasteiger partial charge on any atom is -0.482 e. The Hall–Kier alpha value is -1.66. The van der Waals surface area contributed by atoms with Crippen molar-refractivity contribution in [2.24, 2.45) is 0 Å². The van der Waals surface area contributed by atoms with Crippen molar-refractivity contribution in [3.63, 3.8) is 0 Å². The highest BCUT2D eigenvalue weighted by atomic mass is 35.5. The van der Waals surface area contributed by atoms with Crippen LogP contribution >= 0.6 is 34.8 Å². The van der Waals surface area contributed by atoms with Gasteiger partial charge in [0.25, 0.3) is 5.91 Å². The number of benzene rings is 2. The van der Waals surface area contributed by atoms with Crippen LogP contribution in [0.5, 0.6) is 5.75 Å². The summed E-state index contributed by atoms with van der Waals surface area (Å²) >= 11 is 17.8. The second-order valence-corrected chi connectivity index (χ2v) is 6.90. The summed E-state index contributed by atoms with van der Waals surface area (Å²) in [6, 6.07) is 10.6. The van der Waals surface area contributed by atoms with Crippen LogP contribution < -0.4 is 15.0 Å². The van der Waals surface area contributed by atoms with Gasteiger partial charge in [-0.25, -0.2) is 0 Å². The van der Waals surface area contributed by atoms with Gasteiger partial charge in [0, 0.05) is 30.5 Å². The van der Waals surface area contributed by atoms with Gasteiger partial charge in [-0.3, -0.25) is 4.79 Å². The number of hydrogen-bond acceptors (Lipinski definition) is 4. The number of morpholine rings is 1. The molecule has 5 nitrogen and oxygen atoms in total. The second kappa shape index (κ2) is 8.82. The average Bonchev–Trinajstić information content (AvgIpc) is 2.65. The van der Waals surface area contributed by atoms with E-state index in [0.717, 1.165) is 32.0 Å². The van der Waals surface area contributed by atoms with E-state index in [1.54, 1.807) is 0 Å². The standard InChI is InChI=1S/C18H17Cl3N2O3/c19-14-9-16(21)17(10-15(14)20)26-11-18(24)22-12-1-3-13(4-2-12)23-5-7-25-8-6-23/h1-4,9-10H,5-8,11H2,(H,22,24). The van der Waals surface area contributed by atoms with Gasteiger partial charge in [-0.05, 0) is 30.3 Å². The molecule has 2 aromatic rings. The molecule has 0 aromatic heterocycles. The summed E-state index contributed by atoms with van der Waals surface area (Å²) < 4.78 is 10.8. The van der Waals surface area contributed by atoms with Crippen LogP contribution in [0.15, 0.2) is 36.4 Å². The first kappa shape index (κ1) is 19.1. The number of nitrogens with one attached hydrogen (secondary N) is 1. The predicted molar refractivity (Wildman–Crippen MR) is 105 cm³/mol. The summed E-state index contributed by atoms with van der Waals surface area (Å²) in [6.45, 7) is 3.00. The Balaban J connectivity index is 1.54. The lowest BCUT2D eigenvalue weighted by Crippen LogP contribution is -2.36. The third-order valence-electron chi connectivity index (χ3n) is 3.86. The zero-order chi connectivity index (χ0) is 18.5. The quantitative estimate of drug-likeness (QED) is 0.731. The Morgan fingerprint density at radius 2 is 1.69 bits per heavy atom. The fourth-order valence-electron chi connectivity index (χ4n) is 2.53. The Kier molecular flexibility index (Phi) is 6.48. The van der Waals surface area contributed by atoms with Crippen LogP contribution in [0.2, 0.25) is 15.1 Å². The fourth-order valence-corrected chi connectivity index (χ4v) is 3.12. The van der Waals surface area contributed by atoms with E-state index in [1.165, 1.54) is 12.1 Å². The molecule has 8 heteroatoms. The number of rotatable bonds is 5. The van der Waals surface area contributed by atoms with Crippen molar-refractivity contribution < 1.29 is 14.3 Å². The lowest BCUT2D eigenvalue weighted by Gasteiger charge is -2.28. The monoisotopic (exact) mass is 414 g/mol. The largest absolute Gasteiger partial charge is 0.482 e. The molecule has 138 valence electrons. The minimum absolute atomic E-state index is 0.192. The van der Waals surface area contributed by atoms with E-state index in [9.17, 15) is 4.79 Å². The van der Waals surface area contributed by atoms with Crippen molar-refractivity contribution in [2.45, 2.75) is 0 Å². The summed E-state index contributed by atoms with van der Waals surface area (Å²) in [7, 11) is 0. The normalized spacial score (nSPS) is 14.2. The average molecular weight is 416 g/mol. The van der Waals surface area contributed by atoms with Gasteiger partial charge >= 0.3 is 0 Å². The smallest absolute Gasteiger partial charge is 0.262 e. The molecule has 1 amide bonds. The molecule has 0 bridgehead atoms. The van der Waals surface area contributed by atoms with E-state index in [0.29, 0.717) is 26.5 Å². The molecule has 1 aliphatic heterocycles. The maximum atomic E-state index is 12.1. The first-order valence-electron chi connectivity index (χ1n) is 8.03. The van der Waals surface area contributed by atoms with Gasteiger partial charge in [0.05, 0.1) is 28.3 Å². The summed E-state index contributed by atoms with van der Waals surface area (Å²) in [4.78, 5) is 14.3. The molecule has 0 radical (unpaired) electrons. The lowest BCUT2D eigenvalue weighted by atomic mass is 10.2. The molecule has 0 spiro atoms. The van der Waals surface area contributed by atoms with Crippen LogP contribution in [0.25, 0.3) is 0 Å². The molecule has 0 unspecified atom stereocenters. The lowest BCUT2D eigenvalue weighted by molar-refractivity contribution is -0.118. The SMILES string of the molecule is O=C(COc1cc(Cl)c(Cl)cc1Cl)Nc1ccc(N2CCOCC2)cc1. The molecule has 0 aliphatic carbocycles. The highest BCUT2D eigenvalue weighted by Gasteiger charge is 2.12. The van der Waals surface area contributed by atoms with Gasteiger partial charge in [-0.2, -0.15) is 0 Å². The van der Waals surface area contributed by atoms with Crippen LogP contribution in [0.4, 0.5) is 11.4 Å². The van der Waals surface area contributed by atoms with E-state index in [2.05, 4.69) is 10.2 Å². The van der Waals surface area contributed by atoms with E-state index in [-0.39, 0.29) is 12.5 Å². The highest BCUT2D eigenvalue weighted by Crippen LogP contribution is 2.33. The number of amides is 1. The first-order chi connectivity index (χ1) is 12.5. The minimum atomic E-state index is -0.300. The van der Waals surface area contributed by atoms with E-state index < -0.39 is 0 Å². The van der Waals surface area contributed by atoms with Crippen LogP contribution in [-0.2, 0) is 9.53 Å². The fraction of sp³-hybridized carbons (Fsp3) is 0.278. The van der Waals surface area contributed by atoms with Gasteiger partial charge in [-0.15, -0.1) is 0 Å². The van der Waals surface area contributed by atoms with Crippen LogP contribution in [-0.4, -0.2) is 38.8 Å². The van der Waals surface area contributed by atoms with Gasteiger partial charge in [0.1, 0.15) is 5.75 Å². The van der Waals surface area contributed by atoms with Crippen molar-refractivity contribution >= 4 is 52.1 Å². The number of ether oxygens (including phenoxy) is 2. The number of carbonyl (C=O) groups is 1. The topological polar surface area (TPSA) is 50.8 Å². The molecule has 2 aromatic carbocycles. The number of anilines is 2. The molecule has 1 fully saturated rings. The van der Waals surface area contributed by atoms with Crippen LogP contribution in [0.1, 0.15) is 0 Å². The van der Waals surface area contributed by atoms with E-state index in [1.807, 2.05) is 24.3 Å². The Morgan fingerprint density at radius 1 is 1.04 bits per heavy atom. The van der Waals surface area contributed by atoms with Crippen molar-refractivity contribution in [3.05, 3.63) is 51.5 Å². The Bertz CT molecular complexity index is 778. The molecule has 0 atom stereocenters. The zero-order valence-electron chi connectivity index (χ0n) is 13.8. The van der Waals surface area contributed by atoms with E-state index in [4.69, 9.17) is 44.3 Å². The number of hydrogen-bond donors (Lipinski definition) is 1. The third kappa shape index (κ3) is 4.95. The molecule has 1 heterocycles. The van der Waals surface area contributed by atoms with Gasteiger partial charge in [0.15, 0.2) is 6.61 Å². The van der Waals surface area contributed by atoms with Crippen LogP contribution in [0.3, 0.4) is 0 Å². The molecule has 1 aliphatic rings. The number of halogens is 3. The van der Waals surface area contributed by atoms with Gasteiger partial charge in [-0.1, -0.05) is 34.8 Å². The van der Waals surface area contributed by atoms with E-state index >= 15 is 0 Å². The number of nitrogens with zero attached hydrogens (tertiary/aromatic N) is 1. The third-order valence-corrected chi connectivity index (χ3v) is 4.88. The maximum Gasteiger partial charge on any atom is 0.262 e. The molecule has 26 heavy (non-hydrogen) atoms. The second-order valence-electron chi connectivity index (χ2n) is 5.68. The van der Waals surface area contributed by atoms with Crippen molar-refractivity contribution in [1.82, 2.24) is 0 Å². The molecular weight excluding hydrogens is 399 g/mol. The van der Waals surface area contributed by atoms with Crippen LogP contribution in [0, 0.1) is 0 Å². The van der Waals surface area contributed by atoms with Gasteiger partial charge in [0.2, 0.25) is 0 Å². The Morgan fingerprint density at radius 3 is 2.38 bits per heavy atom. The number of carbonyl (C=O) groups excluding carboxylic acids is 1. The molecule has 3 rings (SSSR count). The Labute approximate surface area is 166 Å².